The fraction of sp³-hybridized carbons (Fsp3) is 0.545. The van der Waals surface area contributed by atoms with Gasteiger partial charge in [0.25, 0.3) is 11.8 Å². The third-order valence-electron chi connectivity index (χ3n) is 2.22. The van der Waals surface area contributed by atoms with Gasteiger partial charge in [-0.1, -0.05) is 0 Å². The lowest BCUT2D eigenvalue weighted by Gasteiger charge is -2.13. The summed E-state index contributed by atoms with van der Waals surface area (Å²) in [7, 11) is 0. The molecule has 100 valence electrons. The molecule has 18 heavy (non-hydrogen) atoms. The van der Waals surface area contributed by atoms with Crippen LogP contribution in [0, 0.1) is 0 Å². The van der Waals surface area contributed by atoms with Crippen molar-refractivity contribution in [1.29, 1.82) is 0 Å². The van der Waals surface area contributed by atoms with E-state index >= 15 is 0 Å². The molecule has 0 atom stereocenters. The zero-order valence-corrected chi connectivity index (χ0v) is 9.96. The van der Waals surface area contributed by atoms with E-state index in [9.17, 15) is 14.4 Å². The fourth-order valence-corrected chi connectivity index (χ4v) is 1.30. The third-order valence-corrected chi connectivity index (χ3v) is 2.22. The van der Waals surface area contributed by atoms with Crippen molar-refractivity contribution < 1.29 is 23.9 Å². The standard InChI is InChI=1S/C11H16N2O5/c12-9(14)3-5-17-7-8-18-6-4-13-10(15)1-2-11(13)16/h1-2H,3-8H2,(H2,12,14). The zero-order valence-electron chi connectivity index (χ0n) is 9.96. The number of primary amides is 1. The number of hydrogen-bond acceptors (Lipinski definition) is 5. The molecule has 1 heterocycles. The maximum absolute atomic E-state index is 11.1. The summed E-state index contributed by atoms with van der Waals surface area (Å²) in [6.45, 7) is 1.44. The van der Waals surface area contributed by atoms with Crippen LogP contribution in [0.1, 0.15) is 6.42 Å². The summed E-state index contributed by atoms with van der Waals surface area (Å²) >= 11 is 0. The highest BCUT2D eigenvalue weighted by Crippen LogP contribution is 2.02. The molecule has 1 aliphatic rings. The van der Waals surface area contributed by atoms with E-state index in [1.165, 1.54) is 12.2 Å². The molecule has 1 rings (SSSR count). The average Bonchev–Trinajstić information content (AvgIpc) is 2.63. The van der Waals surface area contributed by atoms with Crippen LogP contribution in [-0.2, 0) is 23.9 Å². The van der Waals surface area contributed by atoms with Crippen LogP contribution in [0.5, 0.6) is 0 Å². The molecule has 0 saturated heterocycles. The number of carbonyl (C=O) groups is 3. The van der Waals surface area contributed by atoms with E-state index < -0.39 is 5.91 Å². The van der Waals surface area contributed by atoms with Crippen molar-refractivity contribution in [2.45, 2.75) is 6.42 Å². The second kappa shape index (κ2) is 7.57. The highest BCUT2D eigenvalue weighted by Gasteiger charge is 2.22. The number of nitrogens with two attached hydrogens (primary N) is 1. The Kier molecular flexibility index (Phi) is 6.03. The van der Waals surface area contributed by atoms with Gasteiger partial charge in [-0.2, -0.15) is 0 Å². The highest BCUT2D eigenvalue weighted by molar-refractivity contribution is 6.12. The van der Waals surface area contributed by atoms with Crippen LogP contribution >= 0.6 is 0 Å². The van der Waals surface area contributed by atoms with Crippen LogP contribution in [0.2, 0.25) is 0 Å². The maximum Gasteiger partial charge on any atom is 0.253 e. The Bertz CT molecular complexity index is 335. The number of imide groups is 1. The number of hydrogen-bond donors (Lipinski definition) is 1. The third kappa shape index (κ3) is 5.07. The van der Waals surface area contributed by atoms with E-state index in [0.717, 1.165) is 4.90 Å². The molecule has 0 aromatic carbocycles. The van der Waals surface area contributed by atoms with Gasteiger partial charge in [0.15, 0.2) is 0 Å². The van der Waals surface area contributed by atoms with Gasteiger partial charge in [-0.25, -0.2) is 0 Å². The molecule has 1 aliphatic heterocycles. The first-order valence-electron chi connectivity index (χ1n) is 5.58. The lowest BCUT2D eigenvalue weighted by Crippen LogP contribution is -2.33. The van der Waals surface area contributed by atoms with Crippen LogP contribution in [0.15, 0.2) is 12.2 Å². The van der Waals surface area contributed by atoms with Gasteiger partial charge in [0.1, 0.15) is 0 Å². The van der Waals surface area contributed by atoms with Gasteiger partial charge in [0, 0.05) is 18.6 Å². The Labute approximate surface area is 105 Å². The Balaban J connectivity index is 1.94. The van der Waals surface area contributed by atoms with Gasteiger partial charge < -0.3 is 15.2 Å². The van der Waals surface area contributed by atoms with Gasteiger partial charge in [-0.15, -0.1) is 0 Å². The van der Waals surface area contributed by atoms with Crippen molar-refractivity contribution in [2.24, 2.45) is 5.73 Å². The largest absolute Gasteiger partial charge is 0.379 e. The minimum absolute atomic E-state index is 0.183. The van der Waals surface area contributed by atoms with Crippen molar-refractivity contribution in [3.63, 3.8) is 0 Å². The maximum atomic E-state index is 11.1. The quantitative estimate of drug-likeness (QED) is 0.413. The summed E-state index contributed by atoms with van der Waals surface area (Å²) < 4.78 is 10.3. The Morgan fingerprint density at radius 2 is 1.61 bits per heavy atom. The molecule has 3 amide bonds. The summed E-state index contributed by atoms with van der Waals surface area (Å²) in [5, 5.41) is 0. The average molecular weight is 256 g/mol. The molecule has 0 fully saturated rings. The summed E-state index contributed by atoms with van der Waals surface area (Å²) in [4.78, 5) is 33.8. The molecule has 0 radical (unpaired) electrons. The highest BCUT2D eigenvalue weighted by atomic mass is 16.5. The number of amides is 3. The number of nitrogens with zero attached hydrogens (tertiary/aromatic N) is 1. The van der Waals surface area contributed by atoms with Crippen LogP contribution in [-0.4, -0.2) is 55.6 Å². The first-order chi connectivity index (χ1) is 8.61. The topological polar surface area (TPSA) is 98.9 Å². The molecule has 0 unspecified atom stereocenters. The van der Waals surface area contributed by atoms with Crippen LogP contribution in [0.25, 0.3) is 0 Å². The number of ether oxygens (including phenoxy) is 2. The molecule has 0 aromatic heterocycles. The predicted molar refractivity (Wildman–Crippen MR) is 61.3 cm³/mol. The van der Waals surface area contributed by atoms with E-state index in [1.54, 1.807) is 0 Å². The molecule has 0 spiro atoms. The molecule has 7 heteroatoms. The smallest absolute Gasteiger partial charge is 0.253 e. The molecule has 2 N–H and O–H groups in total. The minimum Gasteiger partial charge on any atom is -0.379 e. The van der Waals surface area contributed by atoms with E-state index in [2.05, 4.69) is 0 Å². The molecule has 7 nitrogen and oxygen atoms in total. The first kappa shape index (κ1) is 14.3. The van der Waals surface area contributed by atoms with E-state index in [0.29, 0.717) is 13.2 Å². The van der Waals surface area contributed by atoms with Crippen LogP contribution in [0.4, 0.5) is 0 Å². The summed E-state index contributed by atoms with van der Waals surface area (Å²) in [5.74, 6) is -1.04. The molecular formula is C11H16N2O5. The minimum atomic E-state index is -0.408. The summed E-state index contributed by atoms with van der Waals surface area (Å²) in [6.07, 6.45) is 2.65. The van der Waals surface area contributed by atoms with E-state index in [1.807, 2.05) is 0 Å². The van der Waals surface area contributed by atoms with Gasteiger partial charge in [0.05, 0.1) is 33.0 Å². The Hall–Kier alpha value is -1.73. The van der Waals surface area contributed by atoms with Crippen molar-refractivity contribution in [3.8, 4) is 0 Å². The van der Waals surface area contributed by atoms with Crippen molar-refractivity contribution >= 4 is 17.7 Å². The van der Waals surface area contributed by atoms with Gasteiger partial charge in [-0.05, 0) is 0 Å². The zero-order chi connectivity index (χ0) is 13.4. The normalized spacial score (nSPS) is 14.6. The molecule has 0 saturated carbocycles. The number of rotatable bonds is 9. The Morgan fingerprint density at radius 1 is 1.06 bits per heavy atom. The first-order valence-corrected chi connectivity index (χ1v) is 5.58. The second-order valence-electron chi connectivity index (χ2n) is 3.60. The van der Waals surface area contributed by atoms with Crippen molar-refractivity contribution in [2.75, 3.05) is 33.0 Å². The van der Waals surface area contributed by atoms with Crippen LogP contribution in [0.3, 0.4) is 0 Å². The fourth-order valence-electron chi connectivity index (χ4n) is 1.30. The number of carbonyl (C=O) groups excluding carboxylic acids is 3. The van der Waals surface area contributed by atoms with E-state index in [4.69, 9.17) is 15.2 Å². The molecular weight excluding hydrogens is 240 g/mol. The van der Waals surface area contributed by atoms with Gasteiger partial charge in [-0.3, -0.25) is 19.3 Å². The molecule has 0 aliphatic carbocycles. The van der Waals surface area contributed by atoms with E-state index in [-0.39, 0.29) is 38.0 Å². The van der Waals surface area contributed by atoms with Gasteiger partial charge in [0.2, 0.25) is 5.91 Å². The molecule has 0 aromatic rings. The predicted octanol–water partition coefficient (Wildman–Crippen LogP) is -1.18. The lowest BCUT2D eigenvalue weighted by atomic mass is 10.4. The SMILES string of the molecule is NC(=O)CCOCCOCCN1C(=O)C=CC1=O. The summed E-state index contributed by atoms with van der Waals surface area (Å²) in [5.41, 5.74) is 4.93. The second-order valence-corrected chi connectivity index (χ2v) is 3.60. The van der Waals surface area contributed by atoms with Crippen molar-refractivity contribution in [1.82, 2.24) is 4.90 Å². The Morgan fingerprint density at radius 3 is 2.17 bits per heavy atom. The monoisotopic (exact) mass is 256 g/mol. The van der Waals surface area contributed by atoms with Crippen molar-refractivity contribution in [3.05, 3.63) is 12.2 Å². The summed E-state index contributed by atoms with van der Waals surface area (Å²) in [6, 6.07) is 0. The molecule has 0 bridgehead atoms. The van der Waals surface area contributed by atoms with Gasteiger partial charge >= 0.3 is 0 Å². The van der Waals surface area contributed by atoms with Crippen LogP contribution < -0.4 is 5.73 Å². The lowest BCUT2D eigenvalue weighted by molar-refractivity contribution is -0.137.